The van der Waals surface area contributed by atoms with Gasteiger partial charge in [0.2, 0.25) is 0 Å². The Bertz CT molecular complexity index is 653. The number of hydrogen-bond donors (Lipinski definition) is 1. The van der Waals surface area contributed by atoms with Crippen molar-refractivity contribution in [1.82, 2.24) is 5.32 Å². The molecule has 1 atom stereocenters. The molecule has 1 aliphatic heterocycles. The molecule has 1 aliphatic carbocycles. The van der Waals surface area contributed by atoms with Crippen molar-refractivity contribution in [1.29, 1.82) is 0 Å². The Hall–Kier alpha value is -2.00. The summed E-state index contributed by atoms with van der Waals surface area (Å²) >= 11 is 0. The van der Waals surface area contributed by atoms with Crippen molar-refractivity contribution in [2.24, 2.45) is 0 Å². The molecule has 2 aromatic carbocycles. The third kappa shape index (κ3) is 2.38. The number of ether oxygens (including phenoxy) is 2. The Morgan fingerprint density at radius 1 is 1.00 bits per heavy atom. The molecule has 0 fully saturated rings. The molecule has 0 bridgehead atoms. The second kappa shape index (κ2) is 5.41. The predicted molar refractivity (Wildman–Crippen MR) is 82.0 cm³/mol. The highest BCUT2D eigenvalue weighted by Gasteiger charge is 2.24. The van der Waals surface area contributed by atoms with Crippen LogP contribution in [-0.2, 0) is 13.0 Å². The number of hydrogen-bond acceptors (Lipinski definition) is 3. The second-order valence-corrected chi connectivity index (χ2v) is 5.67. The fourth-order valence-corrected chi connectivity index (χ4v) is 3.20. The van der Waals surface area contributed by atoms with E-state index < -0.39 is 0 Å². The van der Waals surface area contributed by atoms with Crippen molar-refractivity contribution in [3.8, 4) is 11.5 Å². The van der Waals surface area contributed by atoms with Gasteiger partial charge in [0.1, 0.15) is 13.2 Å². The molecule has 2 aliphatic rings. The van der Waals surface area contributed by atoms with Crippen LogP contribution in [0.25, 0.3) is 0 Å². The van der Waals surface area contributed by atoms with Gasteiger partial charge >= 0.3 is 0 Å². The molecule has 3 heteroatoms. The first kappa shape index (κ1) is 12.7. The number of para-hydroxylation sites is 1. The minimum Gasteiger partial charge on any atom is -0.486 e. The highest BCUT2D eigenvalue weighted by molar-refractivity contribution is 5.47. The summed E-state index contributed by atoms with van der Waals surface area (Å²) in [6.07, 6.45) is 1.19. The summed E-state index contributed by atoms with van der Waals surface area (Å²) in [4.78, 5) is 0. The van der Waals surface area contributed by atoms with E-state index in [-0.39, 0.29) is 0 Å². The fourth-order valence-electron chi connectivity index (χ4n) is 3.20. The third-order valence-electron chi connectivity index (χ3n) is 4.32. The van der Waals surface area contributed by atoms with E-state index in [0.717, 1.165) is 24.6 Å². The lowest BCUT2D eigenvalue weighted by Gasteiger charge is -2.30. The van der Waals surface area contributed by atoms with E-state index in [2.05, 4.69) is 35.6 Å². The molecule has 4 rings (SSSR count). The molecule has 2 aromatic rings. The minimum absolute atomic E-state index is 0.639. The van der Waals surface area contributed by atoms with Crippen LogP contribution in [0.5, 0.6) is 11.5 Å². The van der Waals surface area contributed by atoms with Crippen LogP contribution in [0.1, 0.15) is 22.6 Å². The van der Waals surface area contributed by atoms with Crippen LogP contribution in [-0.4, -0.2) is 19.8 Å². The number of rotatable bonds is 4. The Kier molecular flexibility index (Phi) is 3.28. The molecule has 0 saturated heterocycles. The topological polar surface area (TPSA) is 30.5 Å². The summed E-state index contributed by atoms with van der Waals surface area (Å²) < 4.78 is 11.4. The standard InChI is InChI=1S/C18H19NO2/c1-2-6-16-13(4-1)10-15(16)12-19-11-14-5-3-7-17-18(14)21-9-8-20-17/h1-7,15,19H,8-12H2. The Labute approximate surface area is 124 Å². The summed E-state index contributed by atoms with van der Waals surface area (Å²) in [6, 6.07) is 14.8. The van der Waals surface area contributed by atoms with Crippen LogP contribution in [0.3, 0.4) is 0 Å². The van der Waals surface area contributed by atoms with E-state index in [1.807, 2.05) is 12.1 Å². The van der Waals surface area contributed by atoms with Crippen LogP contribution in [0.15, 0.2) is 42.5 Å². The molecule has 108 valence electrons. The first-order chi connectivity index (χ1) is 10.4. The smallest absolute Gasteiger partial charge is 0.165 e. The van der Waals surface area contributed by atoms with E-state index >= 15 is 0 Å². The molecular weight excluding hydrogens is 262 g/mol. The lowest BCUT2D eigenvalue weighted by Crippen LogP contribution is -2.29. The highest BCUT2D eigenvalue weighted by atomic mass is 16.6. The zero-order valence-electron chi connectivity index (χ0n) is 12.0. The van der Waals surface area contributed by atoms with E-state index in [1.165, 1.54) is 23.1 Å². The van der Waals surface area contributed by atoms with Gasteiger partial charge < -0.3 is 14.8 Å². The maximum atomic E-state index is 5.74. The molecule has 0 amide bonds. The maximum Gasteiger partial charge on any atom is 0.165 e. The molecule has 3 nitrogen and oxygen atoms in total. The van der Waals surface area contributed by atoms with Gasteiger partial charge in [-0.25, -0.2) is 0 Å². The monoisotopic (exact) mass is 281 g/mol. The maximum absolute atomic E-state index is 5.74. The van der Waals surface area contributed by atoms with Crippen LogP contribution in [0, 0.1) is 0 Å². The average Bonchev–Trinajstić information content (AvgIpc) is 2.52. The molecule has 1 N–H and O–H groups in total. The summed E-state index contributed by atoms with van der Waals surface area (Å²) in [5.41, 5.74) is 4.18. The average molecular weight is 281 g/mol. The molecule has 21 heavy (non-hydrogen) atoms. The quantitative estimate of drug-likeness (QED) is 0.934. The van der Waals surface area contributed by atoms with Crippen LogP contribution in [0.2, 0.25) is 0 Å². The molecule has 0 saturated carbocycles. The first-order valence-corrected chi connectivity index (χ1v) is 7.58. The van der Waals surface area contributed by atoms with Gasteiger partial charge in [0.15, 0.2) is 11.5 Å². The van der Waals surface area contributed by atoms with E-state index in [0.29, 0.717) is 19.1 Å². The Morgan fingerprint density at radius 2 is 1.90 bits per heavy atom. The minimum atomic E-state index is 0.639. The molecule has 0 aromatic heterocycles. The Balaban J connectivity index is 1.38. The molecule has 1 unspecified atom stereocenters. The van der Waals surface area contributed by atoms with E-state index in [1.54, 1.807) is 0 Å². The fraction of sp³-hybridized carbons (Fsp3) is 0.333. The highest BCUT2D eigenvalue weighted by Crippen LogP contribution is 2.35. The largest absolute Gasteiger partial charge is 0.486 e. The van der Waals surface area contributed by atoms with E-state index in [4.69, 9.17) is 9.47 Å². The second-order valence-electron chi connectivity index (χ2n) is 5.67. The van der Waals surface area contributed by atoms with Gasteiger partial charge in [-0.15, -0.1) is 0 Å². The summed E-state index contributed by atoms with van der Waals surface area (Å²) in [7, 11) is 0. The van der Waals surface area contributed by atoms with Gasteiger partial charge in [0.05, 0.1) is 0 Å². The van der Waals surface area contributed by atoms with Crippen molar-refractivity contribution in [3.63, 3.8) is 0 Å². The Morgan fingerprint density at radius 3 is 2.86 bits per heavy atom. The van der Waals surface area contributed by atoms with Gasteiger partial charge in [0.25, 0.3) is 0 Å². The third-order valence-corrected chi connectivity index (χ3v) is 4.32. The van der Waals surface area contributed by atoms with Crippen molar-refractivity contribution in [3.05, 3.63) is 59.2 Å². The van der Waals surface area contributed by atoms with Crippen LogP contribution >= 0.6 is 0 Å². The molecule has 1 heterocycles. The first-order valence-electron chi connectivity index (χ1n) is 7.58. The van der Waals surface area contributed by atoms with Crippen molar-refractivity contribution in [2.75, 3.05) is 19.8 Å². The summed E-state index contributed by atoms with van der Waals surface area (Å²) in [5.74, 6) is 2.43. The zero-order chi connectivity index (χ0) is 14.1. The van der Waals surface area contributed by atoms with Gasteiger partial charge in [-0.3, -0.25) is 0 Å². The van der Waals surface area contributed by atoms with Gasteiger partial charge in [-0.05, 0) is 23.6 Å². The molecule has 0 spiro atoms. The SMILES string of the molecule is c1ccc2c(c1)CC2CNCc1cccc2c1OCCO2. The predicted octanol–water partition coefficient (Wildman–Crippen LogP) is 2.89. The van der Waals surface area contributed by atoms with Crippen molar-refractivity contribution >= 4 is 0 Å². The van der Waals surface area contributed by atoms with Crippen LogP contribution < -0.4 is 14.8 Å². The molecular formula is C18H19NO2. The van der Waals surface area contributed by atoms with Crippen molar-refractivity contribution < 1.29 is 9.47 Å². The van der Waals surface area contributed by atoms with Crippen molar-refractivity contribution in [2.45, 2.75) is 18.9 Å². The number of fused-ring (bicyclic) bond motifs is 2. The number of nitrogens with one attached hydrogen (secondary N) is 1. The lowest BCUT2D eigenvalue weighted by molar-refractivity contribution is 0.169. The summed E-state index contributed by atoms with van der Waals surface area (Å²) in [6.45, 7) is 3.12. The number of benzene rings is 2. The van der Waals surface area contributed by atoms with Gasteiger partial charge in [-0.2, -0.15) is 0 Å². The summed E-state index contributed by atoms with van der Waals surface area (Å²) in [5, 5.41) is 3.56. The lowest BCUT2D eigenvalue weighted by atomic mass is 9.77. The molecule has 0 radical (unpaired) electrons. The zero-order valence-corrected chi connectivity index (χ0v) is 12.0. The van der Waals surface area contributed by atoms with Crippen LogP contribution in [0.4, 0.5) is 0 Å². The van der Waals surface area contributed by atoms with E-state index in [9.17, 15) is 0 Å². The van der Waals surface area contributed by atoms with Gasteiger partial charge in [-0.1, -0.05) is 36.4 Å². The van der Waals surface area contributed by atoms with Gasteiger partial charge in [0, 0.05) is 24.6 Å². The normalized spacial score (nSPS) is 18.8.